The Morgan fingerprint density at radius 2 is 2.31 bits per heavy atom. The number of nitrogens with two attached hydrogens (primary N) is 1. The largest absolute Gasteiger partial charge is 0.370 e. The first kappa shape index (κ1) is 13.1. The van der Waals surface area contributed by atoms with Gasteiger partial charge in [0.1, 0.15) is 5.82 Å². The zero-order valence-corrected chi connectivity index (χ0v) is 10.6. The quantitative estimate of drug-likeness (QED) is 0.870. The molecule has 0 aromatic heterocycles. The lowest BCUT2D eigenvalue weighted by atomic mass is 10.2. The highest BCUT2D eigenvalue weighted by atomic mass is 79.9. The van der Waals surface area contributed by atoms with Crippen LogP contribution in [0.3, 0.4) is 0 Å². The molecular formula is C11H14BrFN2O. The maximum absolute atomic E-state index is 12.9. The van der Waals surface area contributed by atoms with Crippen molar-refractivity contribution < 1.29 is 9.18 Å². The van der Waals surface area contributed by atoms with E-state index in [1.807, 2.05) is 6.92 Å². The number of rotatable bonds is 5. The molecule has 0 aliphatic heterocycles. The molecule has 16 heavy (non-hydrogen) atoms. The molecule has 0 bridgehead atoms. The maximum atomic E-state index is 12.9. The smallest absolute Gasteiger partial charge is 0.218 e. The standard InChI is InChI=1S/C11H14BrFN2O/c1-7(4-11(14)16)15-6-8-2-3-10(13)9(12)5-8/h2-3,5,7,15H,4,6H2,1H3,(H2,14,16). The van der Waals surface area contributed by atoms with Crippen LogP contribution in [-0.4, -0.2) is 11.9 Å². The van der Waals surface area contributed by atoms with Crippen LogP contribution in [0, 0.1) is 5.82 Å². The minimum absolute atomic E-state index is 0.0151. The van der Waals surface area contributed by atoms with Gasteiger partial charge in [-0.15, -0.1) is 0 Å². The van der Waals surface area contributed by atoms with E-state index in [1.54, 1.807) is 12.1 Å². The normalized spacial score (nSPS) is 12.4. The number of amides is 1. The summed E-state index contributed by atoms with van der Waals surface area (Å²) < 4.78 is 13.4. The van der Waals surface area contributed by atoms with Crippen molar-refractivity contribution in [3.63, 3.8) is 0 Å². The molecule has 3 nitrogen and oxygen atoms in total. The fourth-order valence-electron chi connectivity index (χ4n) is 1.32. The fraction of sp³-hybridized carbons (Fsp3) is 0.364. The number of carbonyl (C=O) groups is 1. The Balaban J connectivity index is 2.48. The third kappa shape index (κ3) is 4.28. The predicted molar refractivity (Wildman–Crippen MR) is 64.2 cm³/mol. The zero-order chi connectivity index (χ0) is 12.1. The van der Waals surface area contributed by atoms with Gasteiger partial charge in [-0.1, -0.05) is 6.07 Å². The number of hydrogen-bond acceptors (Lipinski definition) is 2. The fourth-order valence-corrected chi connectivity index (χ4v) is 1.74. The summed E-state index contributed by atoms with van der Waals surface area (Å²) in [7, 11) is 0. The number of halogens is 2. The Hall–Kier alpha value is -0.940. The first-order valence-electron chi connectivity index (χ1n) is 4.94. The highest BCUT2D eigenvalue weighted by Crippen LogP contribution is 2.16. The molecule has 88 valence electrons. The van der Waals surface area contributed by atoms with Crippen LogP contribution in [0.15, 0.2) is 22.7 Å². The summed E-state index contributed by atoms with van der Waals surface area (Å²) in [4.78, 5) is 10.6. The van der Waals surface area contributed by atoms with Crippen molar-refractivity contribution in [1.29, 1.82) is 0 Å². The molecule has 0 fully saturated rings. The van der Waals surface area contributed by atoms with Gasteiger partial charge in [0.2, 0.25) is 5.91 Å². The predicted octanol–water partition coefficient (Wildman–Crippen LogP) is 1.94. The van der Waals surface area contributed by atoms with Crippen LogP contribution in [0.25, 0.3) is 0 Å². The van der Waals surface area contributed by atoms with E-state index in [0.29, 0.717) is 17.4 Å². The molecule has 1 aromatic rings. The molecule has 0 aliphatic carbocycles. The number of carbonyl (C=O) groups excluding carboxylic acids is 1. The molecule has 0 saturated carbocycles. The average Bonchev–Trinajstić information content (AvgIpc) is 2.19. The van der Waals surface area contributed by atoms with Gasteiger partial charge in [0.15, 0.2) is 0 Å². The van der Waals surface area contributed by atoms with E-state index in [2.05, 4.69) is 21.2 Å². The number of hydrogen-bond donors (Lipinski definition) is 2. The SMILES string of the molecule is CC(CC(N)=O)NCc1ccc(F)c(Br)c1. The molecule has 5 heteroatoms. The first-order valence-corrected chi connectivity index (χ1v) is 5.74. The van der Waals surface area contributed by atoms with E-state index in [-0.39, 0.29) is 17.8 Å². The number of nitrogens with one attached hydrogen (secondary N) is 1. The summed E-state index contributed by atoms with van der Waals surface area (Å²) in [6.45, 7) is 2.46. The van der Waals surface area contributed by atoms with E-state index in [9.17, 15) is 9.18 Å². The van der Waals surface area contributed by atoms with Crippen LogP contribution < -0.4 is 11.1 Å². The van der Waals surface area contributed by atoms with Crippen molar-refractivity contribution in [2.45, 2.75) is 25.9 Å². The highest BCUT2D eigenvalue weighted by molar-refractivity contribution is 9.10. The van der Waals surface area contributed by atoms with Crippen LogP contribution in [0.1, 0.15) is 18.9 Å². The summed E-state index contributed by atoms with van der Waals surface area (Å²) in [5.41, 5.74) is 6.02. The first-order chi connectivity index (χ1) is 7.49. The third-order valence-corrected chi connectivity index (χ3v) is 2.75. The molecule has 0 spiro atoms. The second kappa shape index (κ2) is 5.96. The van der Waals surface area contributed by atoms with Crippen molar-refractivity contribution in [3.05, 3.63) is 34.1 Å². The van der Waals surface area contributed by atoms with Gasteiger partial charge in [-0.3, -0.25) is 4.79 Å². The Labute approximate surface area is 102 Å². The van der Waals surface area contributed by atoms with Crippen molar-refractivity contribution in [2.75, 3.05) is 0 Å². The lowest BCUT2D eigenvalue weighted by Crippen LogP contribution is -2.30. The third-order valence-electron chi connectivity index (χ3n) is 2.15. The van der Waals surface area contributed by atoms with Crippen LogP contribution in [0.2, 0.25) is 0 Å². The molecule has 0 heterocycles. The second-order valence-electron chi connectivity index (χ2n) is 3.70. The summed E-state index contributed by atoms with van der Waals surface area (Å²) in [6.07, 6.45) is 0.294. The highest BCUT2D eigenvalue weighted by Gasteiger charge is 2.06. The maximum Gasteiger partial charge on any atom is 0.218 e. The Morgan fingerprint density at radius 1 is 1.62 bits per heavy atom. The zero-order valence-electron chi connectivity index (χ0n) is 8.97. The van der Waals surface area contributed by atoms with E-state index < -0.39 is 0 Å². The minimum Gasteiger partial charge on any atom is -0.370 e. The molecule has 1 atom stereocenters. The van der Waals surface area contributed by atoms with Crippen molar-refractivity contribution >= 4 is 21.8 Å². The lowest BCUT2D eigenvalue weighted by molar-refractivity contribution is -0.118. The van der Waals surface area contributed by atoms with Crippen molar-refractivity contribution in [2.24, 2.45) is 5.73 Å². The number of primary amides is 1. The van der Waals surface area contributed by atoms with Gasteiger partial charge in [0.25, 0.3) is 0 Å². The Kier molecular flexibility index (Phi) is 4.89. The van der Waals surface area contributed by atoms with Gasteiger partial charge in [-0.05, 0) is 40.5 Å². The minimum atomic E-state index is -0.333. The Morgan fingerprint density at radius 3 is 2.88 bits per heavy atom. The molecule has 0 radical (unpaired) electrons. The lowest BCUT2D eigenvalue weighted by Gasteiger charge is -2.12. The molecule has 1 aromatic carbocycles. The topological polar surface area (TPSA) is 55.1 Å². The van der Waals surface area contributed by atoms with Crippen LogP contribution >= 0.6 is 15.9 Å². The van der Waals surface area contributed by atoms with Gasteiger partial charge < -0.3 is 11.1 Å². The number of benzene rings is 1. The van der Waals surface area contributed by atoms with E-state index >= 15 is 0 Å². The van der Waals surface area contributed by atoms with Gasteiger partial charge in [-0.25, -0.2) is 4.39 Å². The summed E-state index contributed by atoms with van der Waals surface area (Å²) in [5.74, 6) is -0.616. The molecule has 0 saturated heterocycles. The van der Waals surface area contributed by atoms with Gasteiger partial charge in [0, 0.05) is 19.0 Å². The molecule has 1 amide bonds. The van der Waals surface area contributed by atoms with E-state index in [0.717, 1.165) is 5.56 Å². The summed E-state index contributed by atoms with van der Waals surface area (Å²) in [5, 5.41) is 3.13. The average molecular weight is 289 g/mol. The van der Waals surface area contributed by atoms with E-state index in [1.165, 1.54) is 6.07 Å². The van der Waals surface area contributed by atoms with Crippen molar-refractivity contribution in [1.82, 2.24) is 5.32 Å². The molecular weight excluding hydrogens is 275 g/mol. The molecule has 1 rings (SSSR count). The second-order valence-corrected chi connectivity index (χ2v) is 4.56. The van der Waals surface area contributed by atoms with Gasteiger partial charge >= 0.3 is 0 Å². The van der Waals surface area contributed by atoms with Crippen LogP contribution in [-0.2, 0) is 11.3 Å². The van der Waals surface area contributed by atoms with Crippen LogP contribution in [0.4, 0.5) is 4.39 Å². The molecule has 1 unspecified atom stereocenters. The molecule has 0 aliphatic rings. The Bertz CT molecular complexity index is 384. The van der Waals surface area contributed by atoms with Gasteiger partial charge in [-0.2, -0.15) is 0 Å². The van der Waals surface area contributed by atoms with Crippen molar-refractivity contribution in [3.8, 4) is 0 Å². The van der Waals surface area contributed by atoms with Gasteiger partial charge in [0.05, 0.1) is 4.47 Å². The molecule has 3 N–H and O–H groups in total. The summed E-state index contributed by atoms with van der Waals surface area (Å²) in [6, 6.07) is 4.82. The monoisotopic (exact) mass is 288 g/mol. The summed E-state index contributed by atoms with van der Waals surface area (Å²) >= 11 is 3.12. The van der Waals surface area contributed by atoms with E-state index in [4.69, 9.17) is 5.73 Å². The van der Waals surface area contributed by atoms with Crippen LogP contribution in [0.5, 0.6) is 0 Å².